The maximum atomic E-state index is 10.8. The molecule has 1 N–H and O–H groups in total. The van der Waals surface area contributed by atoms with E-state index in [0.717, 1.165) is 0 Å². The molecule has 4 nitrogen and oxygen atoms in total. The molecule has 1 rings (SSSR count). The van der Waals surface area contributed by atoms with Gasteiger partial charge in [-0.25, -0.2) is 9.79 Å². The Kier molecular flexibility index (Phi) is 2.19. The van der Waals surface area contributed by atoms with Crippen LogP contribution in [0.5, 0.6) is 0 Å². The van der Waals surface area contributed by atoms with Crippen molar-refractivity contribution in [2.24, 2.45) is 4.99 Å². The summed E-state index contributed by atoms with van der Waals surface area (Å²) in [5.74, 6) is -1.67. The van der Waals surface area contributed by atoms with Crippen molar-refractivity contribution in [3.63, 3.8) is 0 Å². The summed E-state index contributed by atoms with van der Waals surface area (Å²) in [6, 6.07) is 0. The van der Waals surface area contributed by atoms with E-state index in [4.69, 9.17) is 5.11 Å². The first-order chi connectivity index (χ1) is 5.11. The second-order valence-electron chi connectivity index (χ2n) is 1.90. The van der Waals surface area contributed by atoms with Gasteiger partial charge in [-0.15, -0.1) is 0 Å². The van der Waals surface area contributed by atoms with Crippen molar-refractivity contribution in [1.82, 2.24) is 0 Å². The molecule has 0 saturated carbocycles. The van der Waals surface area contributed by atoms with Crippen LogP contribution in [-0.4, -0.2) is 27.5 Å². The Labute approximate surface area is 70.7 Å². The zero-order valence-corrected chi connectivity index (χ0v) is 6.91. The first-order valence-corrected chi connectivity index (χ1v) is 3.71. The molecule has 0 aliphatic carbocycles. The molecule has 58 valence electrons. The Bertz CT molecular complexity index is 269. The molecular formula is C6H4BrNO3. The van der Waals surface area contributed by atoms with Crippen molar-refractivity contribution >= 4 is 33.5 Å². The van der Waals surface area contributed by atoms with Gasteiger partial charge in [-0.05, 0) is 6.08 Å². The number of carboxylic acid groups (broad SMARTS) is 1. The lowest BCUT2D eigenvalue weighted by Crippen LogP contribution is -2.21. The highest BCUT2D eigenvalue weighted by Gasteiger charge is 2.18. The summed E-state index contributed by atoms with van der Waals surface area (Å²) in [4.78, 5) is 23.8. The lowest BCUT2D eigenvalue weighted by Gasteiger charge is -2.04. The number of carboxylic acids is 1. The predicted molar refractivity (Wildman–Crippen MR) is 41.9 cm³/mol. The monoisotopic (exact) mass is 217 g/mol. The SMILES string of the molecule is O=C(O)C1=NC(=O)C(Br)C=C1. The van der Waals surface area contributed by atoms with Gasteiger partial charge in [0.1, 0.15) is 4.83 Å². The molecule has 1 atom stereocenters. The smallest absolute Gasteiger partial charge is 0.354 e. The number of hydrogen-bond acceptors (Lipinski definition) is 2. The maximum absolute atomic E-state index is 10.8. The molecule has 5 heteroatoms. The number of alkyl halides is 1. The summed E-state index contributed by atoms with van der Waals surface area (Å²) < 4.78 is 0. The van der Waals surface area contributed by atoms with Crippen molar-refractivity contribution in [3.05, 3.63) is 12.2 Å². The van der Waals surface area contributed by atoms with Crippen molar-refractivity contribution in [2.75, 3.05) is 0 Å². The highest BCUT2D eigenvalue weighted by atomic mass is 79.9. The van der Waals surface area contributed by atoms with Gasteiger partial charge in [-0.3, -0.25) is 4.79 Å². The number of carbonyl (C=O) groups is 2. The van der Waals surface area contributed by atoms with E-state index in [1.165, 1.54) is 12.2 Å². The minimum absolute atomic E-state index is 0.217. The highest BCUT2D eigenvalue weighted by molar-refractivity contribution is 9.10. The van der Waals surface area contributed by atoms with E-state index in [-0.39, 0.29) is 5.71 Å². The molecule has 0 aromatic carbocycles. The largest absolute Gasteiger partial charge is 0.477 e. The Hall–Kier alpha value is -0.970. The fourth-order valence-electron chi connectivity index (χ4n) is 0.595. The molecule has 0 bridgehead atoms. The molecule has 0 fully saturated rings. The minimum atomic E-state index is -1.19. The Balaban J connectivity index is 2.89. The fourth-order valence-corrected chi connectivity index (χ4v) is 0.850. The number of amides is 1. The van der Waals surface area contributed by atoms with E-state index < -0.39 is 16.7 Å². The number of aliphatic imine (C=N–C) groups is 1. The average Bonchev–Trinajstić information content (AvgIpc) is 1.94. The summed E-state index contributed by atoms with van der Waals surface area (Å²) in [6.45, 7) is 0. The van der Waals surface area contributed by atoms with Crippen LogP contribution >= 0.6 is 15.9 Å². The molecule has 0 radical (unpaired) electrons. The molecule has 1 heterocycles. The van der Waals surface area contributed by atoms with Crippen LogP contribution < -0.4 is 0 Å². The zero-order chi connectivity index (χ0) is 8.43. The molecule has 1 aliphatic heterocycles. The summed E-state index contributed by atoms with van der Waals surface area (Å²) in [7, 11) is 0. The normalized spacial score (nSPS) is 23.2. The molecule has 0 spiro atoms. The number of hydrogen-bond donors (Lipinski definition) is 1. The van der Waals surface area contributed by atoms with Crippen LogP contribution in [0.4, 0.5) is 0 Å². The zero-order valence-electron chi connectivity index (χ0n) is 5.32. The van der Waals surface area contributed by atoms with E-state index in [2.05, 4.69) is 20.9 Å². The van der Waals surface area contributed by atoms with Crippen LogP contribution in [-0.2, 0) is 9.59 Å². The quantitative estimate of drug-likeness (QED) is 0.646. The van der Waals surface area contributed by atoms with Gasteiger partial charge >= 0.3 is 5.97 Å². The van der Waals surface area contributed by atoms with Crippen molar-refractivity contribution in [2.45, 2.75) is 4.83 Å². The van der Waals surface area contributed by atoms with Crippen LogP contribution in [0.2, 0.25) is 0 Å². The first-order valence-electron chi connectivity index (χ1n) is 2.79. The first kappa shape index (κ1) is 8.13. The predicted octanol–water partition coefficient (Wildman–Crippen LogP) is 0.372. The minimum Gasteiger partial charge on any atom is -0.477 e. The van der Waals surface area contributed by atoms with Crippen molar-refractivity contribution < 1.29 is 14.7 Å². The van der Waals surface area contributed by atoms with Crippen LogP contribution in [0.3, 0.4) is 0 Å². The van der Waals surface area contributed by atoms with Crippen molar-refractivity contribution in [1.29, 1.82) is 0 Å². The molecule has 0 saturated heterocycles. The Morgan fingerprint density at radius 3 is 2.82 bits per heavy atom. The third-order valence-electron chi connectivity index (χ3n) is 1.11. The molecule has 1 aliphatic rings. The lowest BCUT2D eigenvalue weighted by atomic mass is 10.2. The van der Waals surface area contributed by atoms with Crippen LogP contribution in [0, 0.1) is 0 Å². The van der Waals surface area contributed by atoms with Gasteiger partial charge in [0.2, 0.25) is 0 Å². The molecule has 1 unspecified atom stereocenters. The van der Waals surface area contributed by atoms with Crippen LogP contribution in [0.15, 0.2) is 17.1 Å². The number of carbonyl (C=O) groups excluding carboxylic acids is 1. The van der Waals surface area contributed by atoms with Gasteiger partial charge in [0.15, 0.2) is 5.71 Å². The molecule has 0 aromatic rings. The van der Waals surface area contributed by atoms with Crippen LogP contribution in [0.25, 0.3) is 0 Å². The molecule has 11 heavy (non-hydrogen) atoms. The number of halogens is 1. The summed E-state index contributed by atoms with van der Waals surface area (Å²) in [5.41, 5.74) is -0.217. The van der Waals surface area contributed by atoms with Crippen molar-refractivity contribution in [3.8, 4) is 0 Å². The number of nitrogens with zero attached hydrogens (tertiary/aromatic N) is 1. The fraction of sp³-hybridized carbons (Fsp3) is 0.167. The summed E-state index contributed by atoms with van der Waals surface area (Å²) >= 11 is 2.99. The lowest BCUT2D eigenvalue weighted by molar-refractivity contribution is -0.129. The Morgan fingerprint density at radius 2 is 2.36 bits per heavy atom. The topological polar surface area (TPSA) is 66.7 Å². The van der Waals surface area contributed by atoms with E-state index in [0.29, 0.717) is 0 Å². The second kappa shape index (κ2) is 2.96. The Morgan fingerprint density at radius 1 is 1.73 bits per heavy atom. The van der Waals surface area contributed by atoms with Gasteiger partial charge in [0.05, 0.1) is 0 Å². The van der Waals surface area contributed by atoms with Gasteiger partial charge in [-0.2, -0.15) is 0 Å². The summed E-state index contributed by atoms with van der Waals surface area (Å²) in [6.07, 6.45) is 2.74. The molecule has 1 amide bonds. The summed E-state index contributed by atoms with van der Waals surface area (Å²) in [5, 5.41) is 8.39. The average molecular weight is 218 g/mol. The third-order valence-corrected chi connectivity index (χ3v) is 1.81. The van der Waals surface area contributed by atoms with Gasteiger partial charge < -0.3 is 5.11 Å². The third kappa shape index (κ3) is 1.74. The molecular weight excluding hydrogens is 214 g/mol. The number of rotatable bonds is 1. The van der Waals surface area contributed by atoms with Gasteiger partial charge in [0, 0.05) is 0 Å². The van der Waals surface area contributed by atoms with E-state index in [1.54, 1.807) is 0 Å². The van der Waals surface area contributed by atoms with E-state index >= 15 is 0 Å². The number of dihydropyridines is 1. The maximum Gasteiger partial charge on any atom is 0.354 e. The van der Waals surface area contributed by atoms with Gasteiger partial charge in [-0.1, -0.05) is 22.0 Å². The van der Waals surface area contributed by atoms with Gasteiger partial charge in [0.25, 0.3) is 5.91 Å². The second-order valence-corrected chi connectivity index (χ2v) is 2.89. The van der Waals surface area contributed by atoms with E-state index in [1.807, 2.05) is 0 Å². The number of aliphatic carboxylic acids is 1. The highest BCUT2D eigenvalue weighted by Crippen LogP contribution is 2.08. The van der Waals surface area contributed by atoms with Crippen LogP contribution in [0.1, 0.15) is 0 Å². The van der Waals surface area contributed by atoms with E-state index in [9.17, 15) is 9.59 Å². The molecule has 0 aromatic heterocycles. The standard InChI is InChI=1S/C6H4BrNO3/c7-3-1-2-4(6(10)11)8-5(3)9/h1-3H,(H,10,11).